The second-order valence-electron chi connectivity index (χ2n) is 9.92. The maximum atomic E-state index is 11.8. The van der Waals surface area contributed by atoms with Crippen LogP contribution in [0.25, 0.3) is 10.2 Å². The van der Waals surface area contributed by atoms with E-state index in [1.807, 2.05) is 18.2 Å². The number of hydrogen-bond acceptors (Lipinski definition) is 7. The topological polar surface area (TPSA) is 118 Å². The highest BCUT2D eigenvalue weighted by Gasteiger charge is 2.29. The Kier molecular flexibility index (Phi) is 8.74. The van der Waals surface area contributed by atoms with Gasteiger partial charge in [0.2, 0.25) is 5.79 Å². The minimum absolute atomic E-state index is 0.106. The van der Waals surface area contributed by atoms with Crippen LogP contribution in [-0.2, 0) is 18.8 Å². The number of phenolic OH excluding ortho intramolecular Hbond substituents is 1. The molecule has 0 fully saturated rings. The Balaban J connectivity index is 1.15. The van der Waals surface area contributed by atoms with Gasteiger partial charge in [-0.3, -0.25) is 4.79 Å². The highest BCUT2D eigenvalue weighted by molar-refractivity contribution is 7.16. The fourth-order valence-corrected chi connectivity index (χ4v) is 5.92. The van der Waals surface area contributed by atoms with Crippen molar-refractivity contribution < 1.29 is 15.3 Å². The Morgan fingerprint density at radius 2 is 1.50 bits per heavy atom. The number of thiazole rings is 1. The Bertz CT molecular complexity index is 1560. The molecule has 0 aliphatic carbocycles. The molecule has 6 N–H and O–H groups in total. The summed E-state index contributed by atoms with van der Waals surface area (Å²) >= 11 is 0.838. The number of nitrogens with one attached hydrogen (secondary N) is 3. The lowest BCUT2D eigenvalue weighted by Crippen LogP contribution is -2.38. The molecule has 0 amide bonds. The summed E-state index contributed by atoms with van der Waals surface area (Å²) in [6, 6.07) is 32.2. The van der Waals surface area contributed by atoms with Gasteiger partial charge in [0, 0.05) is 24.6 Å². The molecule has 1 aromatic heterocycles. The lowest BCUT2D eigenvalue weighted by molar-refractivity contribution is -0.164. The van der Waals surface area contributed by atoms with Crippen molar-refractivity contribution in [3.63, 3.8) is 0 Å². The lowest BCUT2D eigenvalue weighted by Gasteiger charge is -2.23. The number of fused-ring (bicyclic) bond motifs is 1. The molecule has 1 heterocycles. The van der Waals surface area contributed by atoms with E-state index in [-0.39, 0.29) is 34.2 Å². The fourth-order valence-electron chi connectivity index (χ4n) is 4.98. The Labute approximate surface area is 236 Å². The number of rotatable bonds is 12. The Morgan fingerprint density at radius 3 is 2.20 bits per heavy atom. The third-order valence-corrected chi connectivity index (χ3v) is 7.94. The molecule has 40 heavy (non-hydrogen) atoms. The summed E-state index contributed by atoms with van der Waals surface area (Å²) in [6.45, 7) is 1.97. The summed E-state index contributed by atoms with van der Waals surface area (Å²) in [7, 11) is 0. The summed E-state index contributed by atoms with van der Waals surface area (Å²) in [5.74, 6) is -2.04. The molecule has 7 nitrogen and oxygen atoms in total. The van der Waals surface area contributed by atoms with Crippen molar-refractivity contribution in [2.45, 2.75) is 24.7 Å². The molecule has 0 atom stereocenters. The van der Waals surface area contributed by atoms with Crippen molar-refractivity contribution in [3.05, 3.63) is 135 Å². The van der Waals surface area contributed by atoms with Crippen LogP contribution in [0.1, 0.15) is 33.7 Å². The standard InChI is InChI=1S/C32H33N3O4S/c36-28-15-14-27(30-29(28)35-31(37)40-30)32(38,39)21-33-17-16-22-8-7-9-23(18-22)19-34-20-26(24-10-3-1-4-11-24)25-12-5-2-6-13-25/h1-15,18,26,33-34,36,38-39H,16-17,19-21H2,(H,35,37). The molecule has 0 saturated heterocycles. The molecule has 0 aliphatic rings. The van der Waals surface area contributed by atoms with Crippen LogP contribution in [0.5, 0.6) is 5.75 Å². The van der Waals surface area contributed by atoms with E-state index in [1.54, 1.807) is 0 Å². The Hall–Kier alpha value is -3.79. The van der Waals surface area contributed by atoms with Gasteiger partial charge < -0.3 is 30.9 Å². The third-order valence-electron chi connectivity index (χ3n) is 7.02. The van der Waals surface area contributed by atoms with E-state index in [2.05, 4.69) is 82.3 Å². The van der Waals surface area contributed by atoms with Gasteiger partial charge in [-0.1, -0.05) is 96.3 Å². The normalized spacial score (nSPS) is 11.9. The minimum atomic E-state index is -2.20. The molecular formula is C32H33N3O4S. The number of aromatic nitrogens is 1. The Morgan fingerprint density at radius 1 is 0.825 bits per heavy atom. The summed E-state index contributed by atoms with van der Waals surface area (Å²) in [4.78, 5) is 13.9. The van der Waals surface area contributed by atoms with Crippen LogP contribution in [0.15, 0.2) is 102 Å². The first-order valence-electron chi connectivity index (χ1n) is 13.3. The van der Waals surface area contributed by atoms with Crippen LogP contribution in [0, 0.1) is 0 Å². The molecule has 5 aromatic rings. The maximum Gasteiger partial charge on any atom is 0.305 e. The molecule has 8 heteroatoms. The molecule has 0 radical (unpaired) electrons. The number of phenols is 1. The zero-order chi connectivity index (χ0) is 28.0. The summed E-state index contributed by atoms with van der Waals surface area (Å²) in [6.07, 6.45) is 0.711. The number of aromatic amines is 1. The smallest absolute Gasteiger partial charge is 0.305 e. The van der Waals surface area contributed by atoms with Crippen molar-refractivity contribution in [1.82, 2.24) is 15.6 Å². The van der Waals surface area contributed by atoms with E-state index in [9.17, 15) is 20.1 Å². The summed E-state index contributed by atoms with van der Waals surface area (Å²) in [5.41, 5.74) is 5.28. The van der Waals surface area contributed by atoms with E-state index >= 15 is 0 Å². The monoisotopic (exact) mass is 555 g/mol. The number of benzene rings is 4. The van der Waals surface area contributed by atoms with Gasteiger partial charge in [-0.25, -0.2) is 0 Å². The average molecular weight is 556 g/mol. The predicted octanol–water partition coefficient (Wildman–Crippen LogP) is 4.19. The van der Waals surface area contributed by atoms with E-state index in [4.69, 9.17) is 0 Å². The van der Waals surface area contributed by atoms with E-state index < -0.39 is 5.79 Å². The largest absolute Gasteiger partial charge is 0.506 e. The highest BCUT2D eigenvalue weighted by Crippen LogP contribution is 2.33. The first-order chi connectivity index (χ1) is 19.4. The van der Waals surface area contributed by atoms with Gasteiger partial charge in [-0.15, -0.1) is 0 Å². The summed E-state index contributed by atoms with van der Waals surface area (Å²) in [5, 5.41) is 38.2. The van der Waals surface area contributed by atoms with Gasteiger partial charge in [0.05, 0.1) is 11.2 Å². The van der Waals surface area contributed by atoms with E-state index in [0.29, 0.717) is 17.7 Å². The summed E-state index contributed by atoms with van der Waals surface area (Å²) < 4.78 is 0.332. The minimum Gasteiger partial charge on any atom is -0.506 e. The zero-order valence-electron chi connectivity index (χ0n) is 22.0. The van der Waals surface area contributed by atoms with Gasteiger partial charge in [0.15, 0.2) is 0 Å². The van der Waals surface area contributed by atoms with Crippen molar-refractivity contribution in [2.75, 3.05) is 19.6 Å². The van der Waals surface area contributed by atoms with Gasteiger partial charge in [0.1, 0.15) is 11.3 Å². The van der Waals surface area contributed by atoms with Crippen LogP contribution in [0.3, 0.4) is 0 Å². The molecule has 0 saturated carbocycles. The predicted molar refractivity (Wildman–Crippen MR) is 160 cm³/mol. The third kappa shape index (κ3) is 6.67. The average Bonchev–Trinajstić information content (AvgIpc) is 3.37. The SMILES string of the molecule is O=c1[nH]c2c(O)ccc(C(O)(O)CNCCc3cccc(CNCC(c4ccccc4)c4ccccc4)c3)c2s1. The van der Waals surface area contributed by atoms with Crippen LogP contribution >= 0.6 is 11.3 Å². The van der Waals surface area contributed by atoms with Crippen molar-refractivity contribution in [1.29, 1.82) is 0 Å². The molecule has 0 unspecified atom stereocenters. The van der Waals surface area contributed by atoms with Crippen molar-refractivity contribution in [3.8, 4) is 5.75 Å². The molecule has 0 spiro atoms. The van der Waals surface area contributed by atoms with Gasteiger partial charge >= 0.3 is 4.87 Å². The molecule has 206 valence electrons. The first kappa shape index (κ1) is 27.8. The van der Waals surface area contributed by atoms with Gasteiger partial charge in [-0.05, 0) is 47.4 Å². The van der Waals surface area contributed by atoms with Crippen LogP contribution in [-0.4, -0.2) is 39.9 Å². The van der Waals surface area contributed by atoms with Gasteiger partial charge in [0.25, 0.3) is 0 Å². The molecule has 5 rings (SSSR count). The van der Waals surface area contributed by atoms with Crippen LogP contribution in [0.4, 0.5) is 0 Å². The van der Waals surface area contributed by atoms with Crippen molar-refractivity contribution in [2.24, 2.45) is 0 Å². The second-order valence-corrected chi connectivity index (χ2v) is 10.9. The molecular weight excluding hydrogens is 522 g/mol. The lowest BCUT2D eigenvalue weighted by atomic mass is 9.91. The zero-order valence-corrected chi connectivity index (χ0v) is 22.8. The van der Waals surface area contributed by atoms with Crippen molar-refractivity contribution >= 4 is 21.6 Å². The number of aromatic hydroxyl groups is 1. The van der Waals surface area contributed by atoms with Gasteiger partial charge in [-0.2, -0.15) is 0 Å². The maximum absolute atomic E-state index is 11.8. The quantitative estimate of drug-likeness (QED) is 0.102. The van der Waals surface area contributed by atoms with E-state index in [0.717, 1.165) is 30.0 Å². The second kappa shape index (κ2) is 12.6. The fraction of sp³-hybridized carbons (Fsp3) is 0.219. The number of H-pyrrole nitrogens is 1. The molecule has 4 aromatic carbocycles. The first-order valence-corrected chi connectivity index (χ1v) is 14.1. The number of hydrogen-bond donors (Lipinski definition) is 6. The number of aliphatic hydroxyl groups is 2. The molecule has 0 aliphatic heterocycles. The molecule has 0 bridgehead atoms. The van der Waals surface area contributed by atoms with Crippen LogP contribution in [0.2, 0.25) is 0 Å². The van der Waals surface area contributed by atoms with E-state index in [1.165, 1.54) is 28.8 Å². The highest BCUT2D eigenvalue weighted by atomic mass is 32.1. The van der Waals surface area contributed by atoms with Crippen LogP contribution < -0.4 is 15.5 Å².